The van der Waals surface area contributed by atoms with E-state index in [-0.39, 0.29) is 0 Å². The summed E-state index contributed by atoms with van der Waals surface area (Å²) in [4.78, 5) is 5.20. The van der Waals surface area contributed by atoms with E-state index in [1.54, 1.807) is 0 Å². The smallest absolute Gasteiger partial charge is 0.0648 e. The van der Waals surface area contributed by atoms with Crippen molar-refractivity contribution in [2.24, 2.45) is 0 Å². The molecule has 4 rings (SSSR count). The van der Waals surface area contributed by atoms with Crippen LogP contribution in [0.2, 0.25) is 0 Å². The van der Waals surface area contributed by atoms with Gasteiger partial charge in [-0.3, -0.25) is 4.90 Å². The fourth-order valence-electron chi connectivity index (χ4n) is 4.76. The van der Waals surface area contributed by atoms with Gasteiger partial charge in [0.2, 0.25) is 0 Å². The topological polar surface area (TPSA) is 24.3 Å². The number of piperazine rings is 1. The van der Waals surface area contributed by atoms with E-state index in [9.17, 15) is 0 Å². The molecule has 1 saturated heterocycles. The Labute approximate surface area is 193 Å². The lowest BCUT2D eigenvalue weighted by Gasteiger charge is -2.37. The highest BCUT2D eigenvalue weighted by atomic mass is 15.3. The third-order valence-electron chi connectivity index (χ3n) is 6.79. The van der Waals surface area contributed by atoms with E-state index in [4.69, 9.17) is 5.10 Å². The van der Waals surface area contributed by atoms with Crippen LogP contribution in [0, 0.1) is 13.8 Å². The zero-order chi connectivity index (χ0) is 22.3. The van der Waals surface area contributed by atoms with Gasteiger partial charge >= 0.3 is 0 Å². The van der Waals surface area contributed by atoms with Gasteiger partial charge in [0.15, 0.2) is 0 Å². The van der Waals surface area contributed by atoms with Gasteiger partial charge < -0.3 is 4.90 Å². The molecule has 1 fully saturated rings. The number of hydrogen-bond donors (Lipinski definition) is 0. The summed E-state index contributed by atoms with van der Waals surface area (Å²) in [5.74, 6) is 0. The number of anilines is 1. The summed E-state index contributed by atoms with van der Waals surface area (Å²) >= 11 is 0. The zero-order valence-electron chi connectivity index (χ0n) is 20.1. The fourth-order valence-corrected chi connectivity index (χ4v) is 4.76. The van der Waals surface area contributed by atoms with Gasteiger partial charge in [0.25, 0.3) is 0 Å². The van der Waals surface area contributed by atoms with Crippen molar-refractivity contribution in [3.8, 4) is 5.69 Å². The predicted molar refractivity (Wildman–Crippen MR) is 135 cm³/mol. The summed E-state index contributed by atoms with van der Waals surface area (Å²) in [5.41, 5.74) is 7.97. The van der Waals surface area contributed by atoms with Crippen LogP contribution in [0.15, 0.2) is 54.6 Å². The van der Waals surface area contributed by atoms with Crippen LogP contribution in [-0.2, 0) is 12.8 Å². The summed E-state index contributed by atoms with van der Waals surface area (Å²) < 4.78 is 2.16. The highest BCUT2D eigenvalue weighted by molar-refractivity contribution is 5.56. The Kier molecular flexibility index (Phi) is 7.64. The Hall–Kier alpha value is -2.59. The van der Waals surface area contributed by atoms with Gasteiger partial charge in [-0.15, -0.1) is 0 Å². The minimum Gasteiger partial charge on any atom is -0.369 e. The summed E-state index contributed by atoms with van der Waals surface area (Å²) in [6, 6.07) is 19.6. The van der Waals surface area contributed by atoms with Gasteiger partial charge in [0, 0.05) is 37.6 Å². The van der Waals surface area contributed by atoms with Gasteiger partial charge in [0.1, 0.15) is 0 Å². The number of hydrogen-bond acceptors (Lipinski definition) is 3. The van der Waals surface area contributed by atoms with Gasteiger partial charge in [-0.25, -0.2) is 4.68 Å². The maximum absolute atomic E-state index is 4.89. The van der Waals surface area contributed by atoms with Crippen molar-refractivity contribution in [2.45, 2.75) is 52.9 Å². The average molecular weight is 431 g/mol. The SMILES string of the molecule is CCCc1cc(CCCCN2CCN(c3cccc(C)c3C)CC2)n(-c2ccccc2)n1. The van der Waals surface area contributed by atoms with Crippen LogP contribution in [0.5, 0.6) is 0 Å². The minimum atomic E-state index is 1.05. The van der Waals surface area contributed by atoms with E-state index in [1.807, 2.05) is 0 Å². The first-order valence-electron chi connectivity index (χ1n) is 12.3. The molecule has 32 heavy (non-hydrogen) atoms. The highest BCUT2D eigenvalue weighted by Crippen LogP contribution is 2.24. The molecular weight excluding hydrogens is 392 g/mol. The van der Waals surface area contributed by atoms with E-state index in [0.29, 0.717) is 0 Å². The van der Waals surface area contributed by atoms with Crippen LogP contribution in [0.1, 0.15) is 48.7 Å². The largest absolute Gasteiger partial charge is 0.369 e. The Morgan fingerprint density at radius 1 is 0.844 bits per heavy atom. The van der Waals surface area contributed by atoms with Crippen molar-refractivity contribution in [3.63, 3.8) is 0 Å². The van der Waals surface area contributed by atoms with E-state index in [2.05, 4.69) is 89.9 Å². The van der Waals surface area contributed by atoms with Crippen molar-refractivity contribution in [2.75, 3.05) is 37.6 Å². The van der Waals surface area contributed by atoms with Crippen LogP contribution >= 0.6 is 0 Å². The minimum absolute atomic E-state index is 1.05. The highest BCUT2D eigenvalue weighted by Gasteiger charge is 2.18. The number of nitrogens with zero attached hydrogens (tertiary/aromatic N) is 4. The molecule has 1 aliphatic heterocycles. The lowest BCUT2D eigenvalue weighted by molar-refractivity contribution is 0.253. The van der Waals surface area contributed by atoms with Gasteiger partial charge in [-0.2, -0.15) is 5.10 Å². The zero-order valence-corrected chi connectivity index (χ0v) is 20.1. The molecule has 1 aromatic heterocycles. The number of benzene rings is 2. The number of aromatic nitrogens is 2. The summed E-state index contributed by atoms with van der Waals surface area (Å²) in [5, 5.41) is 4.89. The number of aryl methyl sites for hydroxylation is 3. The maximum Gasteiger partial charge on any atom is 0.0648 e. The molecule has 1 aliphatic rings. The molecule has 0 N–H and O–H groups in total. The van der Waals surface area contributed by atoms with E-state index < -0.39 is 0 Å². The molecule has 2 aromatic carbocycles. The normalized spacial score (nSPS) is 14.8. The fraction of sp³-hybridized carbons (Fsp3) is 0.464. The quantitative estimate of drug-likeness (QED) is 0.414. The maximum atomic E-state index is 4.89. The molecule has 0 bridgehead atoms. The predicted octanol–water partition coefficient (Wildman–Crippen LogP) is 5.59. The Morgan fingerprint density at radius 3 is 2.38 bits per heavy atom. The lowest BCUT2D eigenvalue weighted by atomic mass is 10.1. The summed E-state index contributed by atoms with van der Waals surface area (Å²) in [6.07, 6.45) is 5.73. The molecule has 0 spiro atoms. The van der Waals surface area contributed by atoms with Crippen LogP contribution in [-0.4, -0.2) is 47.4 Å². The molecule has 0 aliphatic carbocycles. The van der Waals surface area contributed by atoms with Crippen LogP contribution in [0.3, 0.4) is 0 Å². The number of rotatable bonds is 9. The standard InChI is InChI=1S/C28H38N4/c1-4-11-25-22-27(32(29-25)26-13-6-5-7-14-26)15-8-9-17-30-18-20-31(21-19-30)28-16-10-12-23(2)24(28)3/h5-7,10,12-14,16,22H,4,8-9,11,15,17-21H2,1-3H3. The van der Waals surface area contributed by atoms with Crippen LogP contribution in [0.25, 0.3) is 5.69 Å². The Morgan fingerprint density at radius 2 is 1.62 bits per heavy atom. The van der Waals surface area contributed by atoms with Crippen molar-refractivity contribution < 1.29 is 0 Å². The van der Waals surface area contributed by atoms with E-state index in [1.165, 1.54) is 53.3 Å². The van der Waals surface area contributed by atoms with Gasteiger partial charge in [-0.05, 0) is 81.5 Å². The molecule has 4 nitrogen and oxygen atoms in total. The van der Waals surface area contributed by atoms with Crippen molar-refractivity contribution in [1.82, 2.24) is 14.7 Å². The second kappa shape index (κ2) is 10.8. The number of para-hydroxylation sites is 1. The average Bonchev–Trinajstić information content (AvgIpc) is 3.22. The third-order valence-corrected chi connectivity index (χ3v) is 6.79. The van der Waals surface area contributed by atoms with E-state index >= 15 is 0 Å². The van der Waals surface area contributed by atoms with Crippen LogP contribution in [0.4, 0.5) is 5.69 Å². The summed E-state index contributed by atoms with van der Waals surface area (Å²) in [6.45, 7) is 12.5. The first kappa shape index (κ1) is 22.6. The molecule has 4 heteroatoms. The molecule has 0 amide bonds. The van der Waals surface area contributed by atoms with Crippen molar-refractivity contribution in [1.29, 1.82) is 0 Å². The monoisotopic (exact) mass is 430 g/mol. The molecular formula is C28H38N4. The van der Waals surface area contributed by atoms with Crippen LogP contribution < -0.4 is 4.90 Å². The molecule has 0 atom stereocenters. The Balaban J connectivity index is 1.27. The molecule has 0 saturated carbocycles. The third kappa shape index (κ3) is 5.42. The molecule has 3 aromatic rings. The van der Waals surface area contributed by atoms with Crippen molar-refractivity contribution in [3.05, 3.63) is 77.1 Å². The first-order valence-corrected chi connectivity index (χ1v) is 12.3. The summed E-state index contributed by atoms with van der Waals surface area (Å²) in [7, 11) is 0. The van der Waals surface area contributed by atoms with Gasteiger partial charge in [0.05, 0.1) is 11.4 Å². The molecule has 170 valence electrons. The molecule has 0 radical (unpaired) electrons. The lowest BCUT2D eigenvalue weighted by Crippen LogP contribution is -2.46. The second-order valence-electron chi connectivity index (χ2n) is 9.13. The second-order valence-corrected chi connectivity index (χ2v) is 9.13. The molecule has 2 heterocycles. The van der Waals surface area contributed by atoms with E-state index in [0.717, 1.165) is 45.4 Å². The number of unbranched alkanes of at least 4 members (excludes halogenated alkanes) is 1. The molecule has 0 unspecified atom stereocenters. The first-order chi connectivity index (χ1) is 15.7. The van der Waals surface area contributed by atoms with Gasteiger partial charge in [-0.1, -0.05) is 43.7 Å². The van der Waals surface area contributed by atoms with Crippen molar-refractivity contribution >= 4 is 5.69 Å². The Bertz CT molecular complexity index is 984.